The summed E-state index contributed by atoms with van der Waals surface area (Å²) in [5.41, 5.74) is 1.47. The monoisotopic (exact) mass is 328 g/mol. The first-order chi connectivity index (χ1) is 9.75. The second-order valence-corrected chi connectivity index (χ2v) is 6.90. The summed E-state index contributed by atoms with van der Waals surface area (Å²) in [4.78, 5) is 4.60. The number of hydrogen-bond acceptors (Lipinski definition) is 2. The zero-order valence-corrected chi connectivity index (χ0v) is 14.2. The summed E-state index contributed by atoms with van der Waals surface area (Å²) in [5.74, 6) is 0.206. The fourth-order valence-corrected chi connectivity index (χ4v) is 2.67. The van der Waals surface area contributed by atoms with Gasteiger partial charge in [-0.25, -0.2) is 9.37 Å². The molecular formula is C16H19Cl2FN2. The highest BCUT2D eigenvalue weighted by Crippen LogP contribution is 2.36. The molecule has 2 rings (SSSR count). The van der Waals surface area contributed by atoms with Crippen molar-refractivity contribution in [1.29, 1.82) is 0 Å². The third-order valence-corrected chi connectivity index (χ3v) is 3.95. The Morgan fingerprint density at radius 2 is 1.90 bits per heavy atom. The number of benzene rings is 1. The fourth-order valence-electron chi connectivity index (χ4n) is 2.17. The molecule has 2 aromatic rings. The van der Waals surface area contributed by atoms with E-state index in [4.69, 9.17) is 23.2 Å². The molecule has 5 heteroatoms. The van der Waals surface area contributed by atoms with Crippen LogP contribution in [0.2, 0.25) is 10.0 Å². The zero-order chi connectivity index (χ0) is 15.8. The molecule has 1 N–H and O–H groups in total. The van der Waals surface area contributed by atoms with Gasteiger partial charge in [0.05, 0.1) is 15.6 Å². The summed E-state index contributed by atoms with van der Waals surface area (Å²) >= 11 is 11.9. The van der Waals surface area contributed by atoms with Crippen LogP contribution in [-0.4, -0.2) is 11.5 Å². The Labute approximate surface area is 134 Å². The van der Waals surface area contributed by atoms with E-state index >= 15 is 0 Å². The Bertz CT molecular complexity index is 678. The quantitative estimate of drug-likeness (QED) is 0.720. The molecule has 2 nitrogen and oxygen atoms in total. The Morgan fingerprint density at radius 1 is 1.24 bits per heavy atom. The van der Waals surface area contributed by atoms with Crippen molar-refractivity contribution in [3.63, 3.8) is 0 Å². The van der Waals surface area contributed by atoms with Crippen LogP contribution in [0.15, 0.2) is 12.1 Å². The van der Waals surface area contributed by atoms with E-state index in [0.29, 0.717) is 10.9 Å². The highest BCUT2D eigenvalue weighted by Gasteiger charge is 2.22. The molecule has 1 aromatic carbocycles. The number of aromatic nitrogens is 1. The number of nitrogens with zero attached hydrogens (tertiary/aromatic N) is 1. The lowest BCUT2D eigenvalue weighted by molar-refractivity contribution is 0.590. The molecule has 0 saturated carbocycles. The summed E-state index contributed by atoms with van der Waals surface area (Å²) in [6.45, 7) is 9.19. The van der Waals surface area contributed by atoms with E-state index in [1.54, 1.807) is 0 Å². The number of rotatable bonds is 3. The molecule has 0 bridgehead atoms. The van der Waals surface area contributed by atoms with E-state index in [9.17, 15) is 4.39 Å². The standard InChI is InChI=1S/C16H19Cl2FN2/c1-5-6-20-15-10(16(2,3)4)7-9-12(21-15)8-11(17)14(19)13(9)18/h7-8H,5-6H2,1-4H3,(H,20,21). The van der Waals surface area contributed by atoms with Crippen molar-refractivity contribution in [2.45, 2.75) is 39.5 Å². The lowest BCUT2D eigenvalue weighted by Gasteiger charge is -2.23. The van der Waals surface area contributed by atoms with E-state index < -0.39 is 5.82 Å². The second kappa shape index (κ2) is 5.98. The molecule has 0 fully saturated rings. The molecule has 1 aromatic heterocycles. The van der Waals surface area contributed by atoms with Crippen molar-refractivity contribution in [2.75, 3.05) is 11.9 Å². The smallest absolute Gasteiger partial charge is 0.161 e. The number of halogens is 3. The van der Waals surface area contributed by atoms with E-state index in [1.807, 2.05) is 6.07 Å². The normalized spacial score (nSPS) is 12.0. The van der Waals surface area contributed by atoms with Crippen molar-refractivity contribution in [2.24, 2.45) is 0 Å². The molecule has 114 valence electrons. The maximum absolute atomic E-state index is 13.9. The van der Waals surface area contributed by atoms with Crippen LogP contribution < -0.4 is 5.32 Å². The molecule has 0 aliphatic rings. The van der Waals surface area contributed by atoms with Crippen LogP contribution in [0.5, 0.6) is 0 Å². The minimum absolute atomic E-state index is 0.00931. The third-order valence-electron chi connectivity index (χ3n) is 3.30. The van der Waals surface area contributed by atoms with Crippen LogP contribution in [-0.2, 0) is 5.41 Å². The van der Waals surface area contributed by atoms with Gasteiger partial charge in [-0.05, 0) is 24.0 Å². The fraction of sp³-hybridized carbons (Fsp3) is 0.438. The highest BCUT2D eigenvalue weighted by molar-refractivity contribution is 6.38. The lowest BCUT2D eigenvalue weighted by Crippen LogP contribution is -2.16. The van der Waals surface area contributed by atoms with Crippen LogP contribution in [0.3, 0.4) is 0 Å². The summed E-state index contributed by atoms with van der Waals surface area (Å²) in [6.07, 6.45) is 0.994. The first-order valence-corrected chi connectivity index (χ1v) is 7.74. The van der Waals surface area contributed by atoms with Gasteiger partial charge in [0, 0.05) is 17.5 Å². The van der Waals surface area contributed by atoms with Crippen molar-refractivity contribution >= 4 is 39.9 Å². The van der Waals surface area contributed by atoms with Gasteiger partial charge in [-0.1, -0.05) is 50.9 Å². The van der Waals surface area contributed by atoms with Gasteiger partial charge in [0.1, 0.15) is 5.82 Å². The maximum Gasteiger partial charge on any atom is 0.161 e. The topological polar surface area (TPSA) is 24.9 Å². The van der Waals surface area contributed by atoms with E-state index in [2.05, 4.69) is 38.0 Å². The number of nitrogens with one attached hydrogen (secondary N) is 1. The molecule has 0 radical (unpaired) electrons. The van der Waals surface area contributed by atoms with Gasteiger partial charge < -0.3 is 5.32 Å². The predicted molar refractivity (Wildman–Crippen MR) is 89.2 cm³/mol. The molecule has 21 heavy (non-hydrogen) atoms. The van der Waals surface area contributed by atoms with Gasteiger partial charge in [-0.2, -0.15) is 0 Å². The van der Waals surface area contributed by atoms with E-state index in [-0.39, 0.29) is 15.5 Å². The van der Waals surface area contributed by atoms with Gasteiger partial charge in [0.15, 0.2) is 5.82 Å². The zero-order valence-electron chi connectivity index (χ0n) is 12.7. The first-order valence-electron chi connectivity index (χ1n) is 6.98. The molecule has 0 atom stereocenters. The Hall–Kier alpha value is -1.06. The summed E-state index contributed by atoms with van der Waals surface area (Å²) in [7, 11) is 0. The van der Waals surface area contributed by atoms with Crippen molar-refractivity contribution < 1.29 is 4.39 Å². The average Bonchev–Trinajstić information content (AvgIpc) is 2.40. The van der Waals surface area contributed by atoms with Crippen LogP contribution in [0.1, 0.15) is 39.7 Å². The molecule has 0 saturated heterocycles. The molecular weight excluding hydrogens is 310 g/mol. The first kappa shape index (κ1) is 16.3. The molecule has 1 heterocycles. The number of anilines is 1. The highest BCUT2D eigenvalue weighted by atomic mass is 35.5. The third kappa shape index (κ3) is 3.24. The maximum atomic E-state index is 13.9. The molecule has 0 aliphatic carbocycles. The Balaban J connectivity index is 2.74. The molecule has 0 unspecified atom stereocenters. The van der Waals surface area contributed by atoms with Crippen molar-refractivity contribution in [3.8, 4) is 0 Å². The molecule has 0 amide bonds. The SMILES string of the molecule is CCCNc1nc2cc(Cl)c(F)c(Cl)c2cc1C(C)(C)C. The van der Waals surface area contributed by atoms with Crippen LogP contribution in [0.25, 0.3) is 10.9 Å². The summed E-state index contributed by atoms with van der Waals surface area (Å²) in [6, 6.07) is 3.42. The number of pyridine rings is 1. The minimum Gasteiger partial charge on any atom is -0.370 e. The number of fused-ring (bicyclic) bond motifs is 1. The average molecular weight is 329 g/mol. The van der Waals surface area contributed by atoms with Gasteiger partial charge >= 0.3 is 0 Å². The number of hydrogen-bond donors (Lipinski definition) is 1. The molecule has 0 aliphatic heterocycles. The summed E-state index contributed by atoms with van der Waals surface area (Å²) < 4.78 is 13.9. The Kier molecular flexibility index (Phi) is 4.64. The van der Waals surface area contributed by atoms with Gasteiger partial charge in [0.25, 0.3) is 0 Å². The van der Waals surface area contributed by atoms with Crippen LogP contribution >= 0.6 is 23.2 Å². The van der Waals surface area contributed by atoms with Crippen molar-refractivity contribution in [3.05, 3.63) is 33.6 Å². The molecule has 0 spiro atoms. The van der Waals surface area contributed by atoms with Gasteiger partial charge in [-0.3, -0.25) is 0 Å². The van der Waals surface area contributed by atoms with Crippen molar-refractivity contribution in [1.82, 2.24) is 4.98 Å². The predicted octanol–water partition coefficient (Wildman–Crippen LogP) is 5.80. The van der Waals surface area contributed by atoms with Crippen LogP contribution in [0, 0.1) is 5.82 Å². The van der Waals surface area contributed by atoms with E-state index in [1.165, 1.54) is 6.07 Å². The second-order valence-electron chi connectivity index (χ2n) is 6.11. The van der Waals surface area contributed by atoms with Gasteiger partial charge in [-0.15, -0.1) is 0 Å². The minimum atomic E-state index is -0.596. The van der Waals surface area contributed by atoms with Gasteiger partial charge in [0.2, 0.25) is 0 Å². The van der Waals surface area contributed by atoms with Crippen LogP contribution in [0.4, 0.5) is 10.2 Å². The Morgan fingerprint density at radius 3 is 2.48 bits per heavy atom. The van der Waals surface area contributed by atoms with E-state index in [0.717, 1.165) is 24.3 Å². The largest absolute Gasteiger partial charge is 0.370 e. The summed E-state index contributed by atoms with van der Waals surface area (Å²) in [5, 5.41) is 3.93. The lowest BCUT2D eigenvalue weighted by atomic mass is 9.86.